The Morgan fingerprint density at radius 3 is 2.08 bits per heavy atom. The Kier molecular flexibility index (Phi) is 5.62. The van der Waals surface area contributed by atoms with Crippen LogP contribution in [0.25, 0.3) is 6.08 Å². The second-order valence-electron chi connectivity index (χ2n) is 9.02. The number of phenolic OH excluding ortho intramolecular Hbond substituents is 1. The van der Waals surface area contributed by atoms with Gasteiger partial charge in [0.2, 0.25) is 5.91 Å². The molecule has 4 heteroatoms. The third-order valence-electron chi connectivity index (χ3n) is 4.43. The fourth-order valence-electron chi connectivity index (χ4n) is 3.06. The van der Waals surface area contributed by atoms with Gasteiger partial charge in [-0.1, -0.05) is 53.2 Å². The zero-order chi connectivity index (χ0) is 19.0. The molecule has 138 valence electrons. The molecule has 0 bridgehead atoms. The molecule has 1 heterocycles. The molecule has 1 fully saturated rings. The molecule has 0 aromatic heterocycles. The van der Waals surface area contributed by atoms with Crippen molar-refractivity contribution in [3.63, 3.8) is 0 Å². The topological polar surface area (TPSA) is 40.5 Å². The van der Waals surface area contributed by atoms with E-state index in [0.717, 1.165) is 28.1 Å². The van der Waals surface area contributed by atoms with Crippen LogP contribution in [0.15, 0.2) is 17.7 Å². The number of hydrogen-bond acceptors (Lipinski definition) is 3. The lowest BCUT2D eigenvalue weighted by atomic mass is 9.78. The summed E-state index contributed by atoms with van der Waals surface area (Å²) in [5, 5.41) is 10.8. The third-order valence-corrected chi connectivity index (χ3v) is 5.37. The Balaban J connectivity index is 2.43. The fourth-order valence-corrected chi connectivity index (χ4v) is 3.96. The first kappa shape index (κ1) is 19.9. The summed E-state index contributed by atoms with van der Waals surface area (Å²) in [6.07, 6.45) is 2.14. The van der Waals surface area contributed by atoms with Crippen LogP contribution in [0.4, 0.5) is 0 Å². The van der Waals surface area contributed by atoms with Crippen molar-refractivity contribution in [2.75, 3.05) is 18.2 Å². The predicted molar refractivity (Wildman–Crippen MR) is 108 cm³/mol. The number of nitrogens with zero attached hydrogens (tertiary/aromatic N) is 1. The number of phenols is 1. The lowest BCUT2D eigenvalue weighted by molar-refractivity contribution is -0.126. The van der Waals surface area contributed by atoms with Crippen molar-refractivity contribution < 1.29 is 9.90 Å². The molecule has 0 radical (unpaired) electrons. The van der Waals surface area contributed by atoms with Crippen molar-refractivity contribution in [2.45, 2.75) is 59.3 Å². The van der Waals surface area contributed by atoms with E-state index in [1.807, 2.05) is 4.90 Å². The van der Waals surface area contributed by atoms with E-state index in [1.165, 1.54) is 0 Å². The van der Waals surface area contributed by atoms with Crippen LogP contribution >= 0.6 is 11.8 Å². The predicted octanol–water partition coefficient (Wildman–Crippen LogP) is 4.92. The van der Waals surface area contributed by atoms with Crippen molar-refractivity contribution in [3.05, 3.63) is 34.4 Å². The number of amides is 1. The lowest BCUT2D eigenvalue weighted by Gasteiger charge is -2.28. The van der Waals surface area contributed by atoms with Gasteiger partial charge in [0.1, 0.15) is 5.75 Å². The van der Waals surface area contributed by atoms with E-state index in [1.54, 1.807) is 11.8 Å². The van der Waals surface area contributed by atoms with Crippen molar-refractivity contribution in [3.8, 4) is 5.75 Å². The summed E-state index contributed by atoms with van der Waals surface area (Å²) in [5.41, 5.74) is 3.90. The third kappa shape index (κ3) is 4.81. The van der Waals surface area contributed by atoms with Gasteiger partial charge in [-0.15, -0.1) is 11.8 Å². The smallest absolute Gasteiger partial charge is 0.233 e. The van der Waals surface area contributed by atoms with Gasteiger partial charge >= 0.3 is 0 Å². The SMILES string of the molecule is C/C(=C\c1cc(C(C)(C)C)c(O)c(C(C)(C)C)c1)CN1CSCC1=O. The molecule has 0 spiro atoms. The van der Waals surface area contributed by atoms with Gasteiger partial charge in [-0.05, 0) is 35.4 Å². The monoisotopic (exact) mass is 361 g/mol. The Bertz CT molecular complexity index is 658. The van der Waals surface area contributed by atoms with Gasteiger partial charge < -0.3 is 10.0 Å². The highest BCUT2D eigenvalue weighted by atomic mass is 32.2. The molecule has 1 aliphatic heterocycles. The molecule has 0 atom stereocenters. The second kappa shape index (κ2) is 7.06. The Hall–Kier alpha value is -1.42. The highest BCUT2D eigenvalue weighted by Crippen LogP contribution is 2.40. The Morgan fingerprint density at radius 2 is 1.68 bits per heavy atom. The first-order chi connectivity index (χ1) is 11.4. The van der Waals surface area contributed by atoms with Crippen molar-refractivity contribution >= 4 is 23.7 Å². The summed E-state index contributed by atoms with van der Waals surface area (Å²) in [6.45, 7) is 15.5. The normalized spacial score (nSPS) is 16.7. The van der Waals surface area contributed by atoms with Gasteiger partial charge in [0.15, 0.2) is 0 Å². The molecule has 25 heavy (non-hydrogen) atoms. The van der Waals surface area contributed by atoms with E-state index in [-0.39, 0.29) is 16.7 Å². The molecule has 1 aliphatic rings. The summed E-state index contributed by atoms with van der Waals surface area (Å²) in [6, 6.07) is 4.16. The number of thioether (sulfide) groups is 1. The average Bonchev–Trinajstić information content (AvgIpc) is 2.83. The fraction of sp³-hybridized carbons (Fsp3) is 0.571. The quantitative estimate of drug-likeness (QED) is 0.830. The minimum absolute atomic E-state index is 0.136. The van der Waals surface area contributed by atoms with Crippen LogP contribution in [0, 0.1) is 0 Å². The van der Waals surface area contributed by atoms with E-state index < -0.39 is 0 Å². The van der Waals surface area contributed by atoms with Crippen LogP contribution in [-0.4, -0.2) is 34.1 Å². The maximum absolute atomic E-state index is 11.8. The van der Waals surface area contributed by atoms with Crippen LogP contribution < -0.4 is 0 Å². The number of carbonyl (C=O) groups is 1. The average molecular weight is 362 g/mol. The second-order valence-corrected chi connectivity index (χ2v) is 9.98. The number of rotatable bonds is 3. The summed E-state index contributed by atoms with van der Waals surface area (Å²) in [5.74, 6) is 1.99. The number of aromatic hydroxyl groups is 1. The Morgan fingerprint density at radius 1 is 1.16 bits per heavy atom. The zero-order valence-electron chi connectivity index (χ0n) is 16.6. The summed E-state index contributed by atoms with van der Waals surface area (Å²) < 4.78 is 0. The first-order valence-corrected chi connectivity index (χ1v) is 9.96. The summed E-state index contributed by atoms with van der Waals surface area (Å²) in [4.78, 5) is 13.7. The van der Waals surface area contributed by atoms with E-state index in [4.69, 9.17) is 0 Å². The molecular weight excluding hydrogens is 330 g/mol. The molecule has 1 aromatic carbocycles. The molecule has 2 rings (SSSR count). The lowest BCUT2D eigenvalue weighted by Crippen LogP contribution is -2.27. The number of carbonyl (C=O) groups excluding carboxylic acids is 1. The molecule has 0 unspecified atom stereocenters. The van der Waals surface area contributed by atoms with E-state index >= 15 is 0 Å². The standard InChI is InChI=1S/C21H31NO2S/c1-14(11-22-13-25-12-18(22)23)8-15-9-16(20(2,3)4)19(24)17(10-15)21(5,6)7/h8-10,24H,11-13H2,1-7H3/b14-8+. The maximum Gasteiger partial charge on any atom is 0.233 e. The van der Waals surface area contributed by atoms with E-state index in [9.17, 15) is 9.90 Å². The summed E-state index contributed by atoms with van der Waals surface area (Å²) >= 11 is 1.67. The van der Waals surface area contributed by atoms with Gasteiger partial charge in [0.05, 0.1) is 11.6 Å². The van der Waals surface area contributed by atoms with Crippen LogP contribution in [0.5, 0.6) is 5.75 Å². The van der Waals surface area contributed by atoms with Crippen LogP contribution in [0.3, 0.4) is 0 Å². The van der Waals surface area contributed by atoms with Gasteiger partial charge in [-0.2, -0.15) is 0 Å². The van der Waals surface area contributed by atoms with Crippen LogP contribution in [0.1, 0.15) is 65.2 Å². The largest absolute Gasteiger partial charge is 0.507 e. The molecule has 3 nitrogen and oxygen atoms in total. The Labute approximate surface area is 156 Å². The molecular formula is C21H31NO2S. The van der Waals surface area contributed by atoms with Crippen molar-refractivity contribution in [1.29, 1.82) is 0 Å². The van der Waals surface area contributed by atoms with Gasteiger partial charge in [-0.25, -0.2) is 0 Å². The number of benzene rings is 1. The maximum atomic E-state index is 11.8. The number of hydrogen-bond donors (Lipinski definition) is 1. The van der Waals surface area contributed by atoms with Gasteiger partial charge in [0, 0.05) is 17.7 Å². The van der Waals surface area contributed by atoms with E-state index in [0.29, 0.717) is 18.0 Å². The van der Waals surface area contributed by atoms with Crippen LogP contribution in [0.2, 0.25) is 0 Å². The molecule has 1 amide bonds. The van der Waals surface area contributed by atoms with Crippen molar-refractivity contribution in [2.24, 2.45) is 0 Å². The van der Waals surface area contributed by atoms with E-state index in [2.05, 4.69) is 66.7 Å². The van der Waals surface area contributed by atoms with Crippen molar-refractivity contribution in [1.82, 2.24) is 4.90 Å². The van der Waals surface area contributed by atoms with Gasteiger partial charge in [0.25, 0.3) is 0 Å². The minimum Gasteiger partial charge on any atom is -0.507 e. The summed E-state index contributed by atoms with van der Waals surface area (Å²) in [7, 11) is 0. The van der Waals surface area contributed by atoms with Crippen LogP contribution in [-0.2, 0) is 15.6 Å². The molecule has 1 saturated heterocycles. The highest BCUT2D eigenvalue weighted by Gasteiger charge is 2.26. The first-order valence-electron chi connectivity index (χ1n) is 8.80. The molecule has 1 aromatic rings. The molecule has 0 aliphatic carbocycles. The molecule has 0 saturated carbocycles. The minimum atomic E-state index is -0.136. The highest BCUT2D eigenvalue weighted by molar-refractivity contribution is 8.00. The molecule has 1 N–H and O–H groups in total. The van der Waals surface area contributed by atoms with Gasteiger partial charge in [-0.3, -0.25) is 4.79 Å². The zero-order valence-corrected chi connectivity index (χ0v) is 17.4.